The van der Waals surface area contributed by atoms with Crippen LogP contribution in [-0.4, -0.2) is 74.2 Å². The van der Waals surface area contributed by atoms with Gasteiger partial charge in [0, 0.05) is 17.5 Å². The van der Waals surface area contributed by atoms with Gasteiger partial charge in [0.2, 0.25) is 0 Å². The summed E-state index contributed by atoms with van der Waals surface area (Å²) in [4.78, 5) is 14.5. The summed E-state index contributed by atoms with van der Waals surface area (Å²) in [6, 6.07) is -0.854. The fourth-order valence-electron chi connectivity index (χ4n) is 4.04. The molecular weight excluding hydrogens is 421 g/mol. The summed E-state index contributed by atoms with van der Waals surface area (Å²) in [5, 5.41) is 14.5. The van der Waals surface area contributed by atoms with Crippen LogP contribution in [0.3, 0.4) is 0 Å². The Bertz CT molecular complexity index is 539. The van der Waals surface area contributed by atoms with Crippen LogP contribution in [-0.2, 0) is 0 Å². The Kier molecular flexibility index (Phi) is 9.93. The molecule has 2 amide bonds. The molecule has 0 bridgehead atoms. The molecule has 5 N–H and O–H groups in total. The molecule has 2 fully saturated rings. The van der Waals surface area contributed by atoms with Gasteiger partial charge in [0.25, 0.3) is 0 Å². The van der Waals surface area contributed by atoms with Crippen molar-refractivity contribution in [1.82, 2.24) is 31.5 Å². The average molecular weight is 457 g/mol. The minimum Gasteiger partial charge on any atom is -0.335 e. The standard InChI is InChI=1S/C19H36ClF3N6O/c1-12-10-16(24-8-4-5-9-29(2)3)27-17(25-12)28-18(30)26-13-6-7-15(20)14(11-13)19(21,22)23/h12-17,24-25,27H,4-11H2,1-3H3,(H2,26,28,30). The summed E-state index contributed by atoms with van der Waals surface area (Å²) in [6.07, 6.45) is -1.26. The largest absolute Gasteiger partial charge is 0.393 e. The minimum atomic E-state index is -4.35. The zero-order valence-corrected chi connectivity index (χ0v) is 18.7. The molecule has 6 atom stereocenters. The Balaban J connectivity index is 1.74. The topological polar surface area (TPSA) is 80.5 Å². The number of hydrogen-bond donors (Lipinski definition) is 5. The molecule has 2 rings (SSSR count). The molecule has 0 aromatic heterocycles. The number of carbonyl (C=O) groups is 1. The monoisotopic (exact) mass is 456 g/mol. The van der Waals surface area contributed by atoms with Gasteiger partial charge in [-0.3, -0.25) is 10.6 Å². The second-order valence-corrected chi connectivity index (χ2v) is 9.27. The molecule has 11 heteroatoms. The molecule has 30 heavy (non-hydrogen) atoms. The molecule has 0 radical (unpaired) electrons. The molecule has 1 saturated heterocycles. The lowest BCUT2D eigenvalue weighted by molar-refractivity contribution is -0.182. The van der Waals surface area contributed by atoms with Gasteiger partial charge >= 0.3 is 12.2 Å². The van der Waals surface area contributed by atoms with E-state index in [9.17, 15) is 18.0 Å². The zero-order chi connectivity index (χ0) is 22.3. The first-order valence-corrected chi connectivity index (χ1v) is 11.2. The summed E-state index contributed by atoms with van der Waals surface area (Å²) < 4.78 is 39.3. The van der Waals surface area contributed by atoms with Crippen LogP contribution in [0.5, 0.6) is 0 Å². The van der Waals surface area contributed by atoms with E-state index in [1.54, 1.807) is 0 Å². The van der Waals surface area contributed by atoms with E-state index in [0.717, 1.165) is 32.4 Å². The van der Waals surface area contributed by atoms with E-state index in [1.807, 2.05) is 6.92 Å². The highest BCUT2D eigenvalue weighted by Crippen LogP contribution is 2.40. The van der Waals surface area contributed by atoms with E-state index < -0.39 is 35.8 Å². The Labute approximate surface area is 182 Å². The first-order chi connectivity index (χ1) is 14.0. The maximum atomic E-state index is 13.1. The van der Waals surface area contributed by atoms with Crippen LogP contribution >= 0.6 is 11.6 Å². The predicted octanol–water partition coefficient (Wildman–Crippen LogP) is 2.14. The van der Waals surface area contributed by atoms with Crippen molar-refractivity contribution in [3.8, 4) is 0 Å². The number of nitrogens with zero attached hydrogens (tertiary/aromatic N) is 1. The van der Waals surface area contributed by atoms with Gasteiger partial charge in [-0.15, -0.1) is 11.6 Å². The summed E-state index contributed by atoms with van der Waals surface area (Å²) in [7, 11) is 4.10. The maximum Gasteiger partial charge on any atom is 0.393 e. The number of urea groups is 1. The third-order valence-electron chi connectivity index (χ3n) is 5.63. The molecule has 1 aliphatic carbocycles. The predicted molar refractivity (Wildman–Crippen MR) is 112 cm³/mol. The fraction of sp³-hybridized carbons (Fsp3) is 0.947. The number of amides is 2. The van der Waals surface area contributed by atoms with Crippen LogP contribution in [0, 0.1) is 5.92 Å². The molecule has 7 nitrogen and oxygen atoms in total. The third-order valence-corrected chi connectivity index (χ3v) is 6.15. The van der Waals surface area contributed by atoms with Crippen molar-refractivity contribution in [2.75, 3.05) is 27.2 Å². The van der Waals surface area contributed by atoms with Gasteiger partial charge in [0.05, 0.1) is 12.1 Å². The van der Waals surface area contributed by atoms with Crippen LogP contribution in [0.25, 0.3) is 0 Å². The van der Waals surface area contributed by atoms with Gasteiger partial charge in [-0.2, -0.15) is 13.2 Å². The van der Waals surface area contributed by atoms with Crippen LogP contribution < -0.4 is 26.6 Å². The molecule has 2 aliphatic rings. The lowest BCUT2D eigenvalue weighted by Gasteiger charge is -2.38. The highest BCUT2D eigenvalue weighted by molar-refractivity contribution is 6.20. The van der Waals surface area contributed by atoms with Crippen LogP contribution in [0.4, 0.5) is 18.0 Å². The Morgan fingerprint density at radius 3 is 2.53 bits per heavy atom. The number of unbranched alkanes of at least 4 members (excludes halogenated alkanes) is 1. The number of rotatable bonds is 8. The van der Waals surface area contributed by atoms with Gasteiger partial charge in [0.1, 0.15) is 6.29 Å². The number of halogens is 4. The van der Waals surface area contributed by atoms with E-state index >= 15 is 0 Å². The smallest absolute Gasteiger partial charge is 0.335 e. The van der Waals surface area contributed by atoms with Crippen LogP contribution in [0.2, 0.25) is 0 Å². The highest BCUT2D eigenvalue weighted by Gasteiger charge is 2.47. The van der Waals surface area contributed by atoms with Crippen molar-refractivity contribution in [2.45, 2.75) is 81.5 Å². The number of nitrogens with one attached hydrogen (secondary N) is 5. The van der Waals surface area contributed by atoms with Crippen molar-refractivity contribution in [3.05, 3.63) is 0 Å². The van der Waals surface area contributed by atoms with Crippen molar-refractivity contribution >= 4 is 17.6 Å². The number of alkyl halides is 4. The van der Waals surface area contributed by atoms with Crippen molar-refractivity contribution < 1.29 is 18.0 Å². The van der Waals surface area contributed by atoms with Crippen molar-refractivity contribution in [2.24, 2.45) is 5.92 Å². The normalized spacial score (nSPS) is 32.8. The lowest BCUT2D eigenvalue weighted by atomic mass is 9.85. The quantitative estimate of drug-likeness (QED) is 0.285. The zero-order valence-electron chi connectivity index (χ0n) is 18.0. The first kappa shape index (κ1) is 25.5. The van der Waals surface area contributed by atoms with Gasteiger partial charge in [-0.05, 0) is 72.6 Å². The molecule has 0 spiro atoms. The van der Waals surface area contributed by atoms with Crippen LogP contribution in [0.15, 0.2) is 0 Å². The molecule has 6 unspecified atom stereocenters. The number of hydrogen-bond acceptors (Lipinski definition) is 5. The molecule has 1 saturated carbocycles. The van der Waals surface area contributed by atoms with Crippen LogP contribution in [0.1, 0.15) is 45.4 Å². The first-order valence-electron chi connectivity index (χ1n) is 10.7. The Morgan fingerprint density at radius 2 is 1.87 bits per heavy atom. The molecule has 0 aromatic rings. The Morgan fingerprint density at radius 1 is 1.13 bits per heavy atom. The molecule has 1 aliphatic heterocycles. The summed E-state index contributed by atoms with van der Waals surface area (Å²) in [6.45, 7) is 3.95. The minimum absolute atomic E-state index is 0.0483. The second-order valence-electron chi connectivity index (χ2n) is 8.71. The fourth-order valence-corrected chi connectivity index (χ4v) is 4.41. The van der Waals surface area contributed by atoms with E-state index in [0.29, 0.717) is 6.42 Å². The van der Waals surface area contributed by atoms with Gasteiger partial charge in [-0.25, -0.2) is 4.79 Å². The van der Waals surface area contributed by atoms with Gasteiger partial charge in [0.15, 0.2) is 0 Å². The summed E-state index contributed by atoms with van der Waals surface area (Å²) >= 11 is 5.86. The SMILES string of the molecule is CC1CC(NCCCCN(C)C)NC(NC(=O)NC2CCC(Cl)C(C(F)(F)F)C2)N1. The summed E-state index contributed by atoms with van der Waals surface area (Å²) in [5.74, 6) is -1.59. The average Bonchev–Trinajstić information content (AvgIpc) is 2.61. The third kappa shape index (κ3) is 8.74. The molecule has 0 aromatic carbocycles. The van der Waals surface area contributed by atoms with Crippen molar-refractivity contribution in [3.63, 3.8) is 0 Å². The lowest BCUT2D eigenvalue weighted by Crippen LogP contribution is -2.68. The van der Waals surface area contributed by atoms with E-state index in [4.69, 9.17) is 11.6 Å². The maximum absolute atomic E-state index is 13.1. The Hall–Kier alpha value is -0.810. The van der Waals surface area contributed by atoms with E-state index in [2.05, 4.69) is 45.6 Å². The van der Waals surface area contributed by atoms with E-state index in [-0.39, 0.29) is 25.0 Å². The number of carbonyl (C=O) groups excluding carboxylic acids is 1. The van der Waals surface area contributed by atoms with E-state index in [1.165, 1.54) is 0 Å². The summed E-state index contributed by atoms with van der Waals surface area (Å²) in [5.41, 5.74) is 0. The van der Waals surface area contributed by atoms with Crippen molar-refractivity contribution in [1.29, 1.82) is 0 Å². The molecular formula is C19H36ClF3N6O. The second kappa shape index (κ2) is 11.7. The van der Waals surface area contributed by atoms with Gasteiger partial charge in [-0.1, -0.05) is 0 Å². The van der Waals surface area contributed by atoms with Gasteiger partial charge < -0.3 is 20.9 Å². The highest BCUT2D eigenvalue weighted by atomic mass is 35.5. The molecule has 176 valence electrons. The molecule has 1 heterocycles.